The molecule has 2 atom stereocenters. The molecule has 0 saturated carbocycles. The first-order chi connectivity index (χ1) is 8.18. The molecular formula is C14H21NO3. The van der Waals surface area contributed by atoms with Gasteiger partial charge in [-0.05, 0) is 5.41 Å². The van der Waals surface area contributed by atoms with Crippen molar-refractivity contribution in [2.75, 3.05) is 0 Å². The van der Waals surface area contributed by atoms with Gasteiger partial charge < -0.3 is 10.2 Å². The maximum absolute atomic E-state index is 10.9. The number of hydrogen-bond donors (Lipinski definition) is 3. The third kappa shape index (κ3) is 3.01. The first kappa shape index (κ1) is 14.5. The van der Waals surface area contributed by atoms with E-state index in [1.807, 2.05) is 33.8 Å². The van der Waals surface area contributed by atoms with Crippen LogP contribution in [0.25, 0.3) is 0 Å². The zero-order valence-electron chi connectivity index (χ0n) is 11.3. The lowest BCUT2D eigenvalue weighted by Gasteiger charge is -2.41. The van der Waals surface area contributed by atoms with Gasteiger partial charge in [-0.1, -0.05) is 58.0 Å². The summed E-state index contributed by atoms with van der Waals surface area (Å²) in [4.78, 5) is 10.9. The quantitative estimate of drug-likeness (QED) is 0.723. The summed E-state index contributed by atoms with van der Waals surface area (Å²) < 4.78 is 0. The number of carbonyl (C=O) groups is 1. The van der Waals surface area contributed by atoms with E-state index in [-0.39, 0.29) is 11.3 Å². The minimum absolute atomic E-state index is 0.243. The Hall–Kier alpha value is -1.55. The SMILES string of the molecule is C[C@@H](C(C)(C)C)[C@@](O)(NC(=O)O)c1ccccc1. The lowest BCUT2D eigenvalue weighted by molar-refractivity contribution is -0.0811. The molecule has 0 aliphatic rings. The molecule has 0 aliphatic carbocycles. The number of benzene rings is 1. The molecule has 4 nitrogen and oxygen atoms in total. The van der Waals surface area contributed by atoms with Gasteiger partial charge in [-0.15, -0.1) is 0 Å². The molecule has 4 heteroatoms. The van der Waals surface area contributed by atoms with Crippen LogP contribution in [0.3, 0.4) is 0 Å². The number of amides is 1. The van der Waals surface area contributed by atoms with Gasteiger partial charge >= 0.3 is 6.09 Å². The second-order valence-corrected chi connectivity index (χ2v) is 5.65. The standard InChI is InChI=1S/C14H21NO3/c1-10(13(2,3)4)14(18,15-12(16)17)11-8-6-5-7-9-11/h5-10,15,18H,1-4H3,(H,16,17)/t10-,14-/m0/s1. The normalized spacial score (nSPS) is 16.7. The van der Waals surface area contributed by atoms with Crippen LogP contribution in [0.2, 0.25) is 0 Å². The van der Waals surface area contributed by atoms with E-state index in [1.54, 1.807) is 24.3 Å². The number of carboxylic acid groups (broad SMARTS) is 1. The average molecular weight is 251 g/mol. The van der Waals surface area contributed by atoms with Gasteiger partial charge in [0.2, 0.25) is 0 Å². The van der Waals surface area contributed by atoms with E-state index in [9.17, 15) is 9.90 Å². The summed E-state index contributed by atoms with van der Waals surface area (Å²) in [7, 11) is 0. The molecule has 100 valence electrons. The van der Waals surface area contributed by atoms with Gasteiger partial charge in [0.25, 0.3) is 0 Å². The fourth-order valence-corrected chi connectivity index (χ4v) is 1.91. The van der Waals surface area contributed by atoms with Crippen LogP contribution in [0, 0.1) is 11.3 Å². The highest BCUT2D eigenvalue weighted by molar-refractivity contribution is 5.65. The Balaban J connectivity index is 3.23. The maximum atomic E-state index is 10.9. The molecule has 1 rings (SSSR count). The number of hydrogen-bond acceptors (Lipinski definition) is 2. The summed E-state index contributed by atoms with van der Waals surface area (Å²) in [5.41, 5.74) is -1.28. The molecule has 0 spiro atoms. The van der Waals surface area contributed by atoms with Crippen molar-refractivity contribution < 1.29 is 15.0 Å². The molecule has 1 aromatic rings. The van der Waals surface area contributed by atoms with Gasteiger partial charge in [-0.2, -0.15) is 0 Å². The zero-order chi connectivity index (χ0) is 14.0. The van der Waals surface area contributed by atoms with E-state index in [2.05, 4.69) is 5.32 Å². The largest absolute Gasteiger partial charge is 0.465 e. The molecule has 18 heavy (non-hydrogen) atoms. The summed E-state index contributed by atoms with van der Waals surface area (Å²) in [6, 6.07) is 8.82. The highest BCUT2D eigenvalue weighted by Crippen LogP contribution is 2.38. The Kier molecular flexibility index (Phi) is 4.02. The molecular weight excluding hydrogens is 230 g/mol. The molecule has 1 amide bonds. The fraction of sp³-hybridized carbons (Fsp3) is 0.500. The molecule has 0 bridgehead atoms. The first-order valence-corrected chi connectivity index (χ1v) is 5.97. The van der Waals surface area contributed by atoms with Crippen molar-refractivity contribution >= 4 is 6.09 Å². The molecule has 3 N–H and O–H groups in total. The highest BCUT2D eigenvalue weighted by Gasteiger charge is 2.43. The third-order valence-corrected chi connectivity index (χ3v) is 3.44. The minimum atomic E-state index is -1.59. The average Bonchev–Trinajstić information content (AvgIpc) is 2.27. The Morgan fingerprint density at radius 2 is 1.72 bits per heavy atom. The summed E-state index contributed by atoms with van der Waals surface area (Å²) in [6.07, 6.45) is -1.24. The summed E-state index contributed by atoms with van der Waals surface area (Å²) >= 11 is 0. The molecule has 0 aromatic heterocycles. The lowest BCUT2D eigenvalue weighted by atomic mass is 9.73. The van der Waals surface area contributed by atoms with Gasteiger partial charge in [-0.3, -0.25) is 5.32 Å². The predicted molar refractivity (Wildman–Crippen MR) is 70.1 cm³/mol. The van der Waals surface area contributed by atoms with Crippen LogP contribution in [0.1, 0.15) is 33.3 Å². The number of nitrogens with one attached hydrogen (secondary N) is 1. The van der Waals surface area contributed by atoms with Crippen LogP contribution in [0.4, 0.5) is 4.79 Å². The molecule has 1 aromatic carbocycles. The first-order valence-electron chi connectivity index (χ1n) is 5.97. The second kappa shape index (κ2) is 4.98. The molecule has 0 saturated heterocycles. The number of aliphatic hydroxyl groups is 1. The van der Waals surface area contributed by atoms with Crippen LogP contribution < -0.4 is 5.32 Å². The van der Waals surface area contributed by atoms with Gasteiger partial charge in [-0.25, -0.2) is 4.79 Å². The van der Waals surface area contributed by atoms with Crippen molar-refractivity contribution in [2.24, 2.45) is 11.3 Å². The highest BCUT2D eigenvalue weighted by atomic mass is 16.4. The van der Waals surface area contributed by atoms with E-state index >= 15 is 0 Å². The van der Waals surface area contributed by atoms with Gasteiger partial charge in [0.15, 0.2) is 5.72 Å². The van der Waals surface area contributed by atoms with Gasteiger partial charge in [0, 0.05) is 11.5 Å². The second-order valence-electron chi connectivity index (χ2n) is 5.65. The Bertz CT molecular complexity index is 411. The van der Waals surface area contributed by atoms with E-state index in [4.69, 9.17) is 5.11 Å². The smallest absolute Gasteiger partial charge is 0.407 e. The van der Waals surface area contributed by atoms with Crippen molar-refractivity contribution in [3.05, 3.63) is 35.9 Å². The van der Waals surface area contributed by atoms with E-state index in [0.29, 0.717) is 5.56 Å². The zero-order valence-corrected chi connectivity index (χ0v) is 11.3. The van der Waals surface area contributed by atoms with E-state index in [1.165, 1.54) is 0 Å². The summed E-state index contributed by atoms with van der Waals surface area (Å²) in [6.45, 7) is 7.74. The van der Waals surface area contributed by atoms with E-state index in [0.717, 1.165) is 0 Å². The number of rotatable bonds is 3. The monoisotopic (exact) mass is 251 g/mol. The van der Waals surface area contributed by atoms with Crippen molar-refractivity contribution in [3.63, 3.8) is 0 Å². The van der Waals surface area contributed by atoms with Gasteiger partial charge in [0.1, 0.15) is 0 Å². The maximum Gasteiger partial charge on any atom is 0.407 e. The van der Waals surface area contributed by atoms with Crippen LogP contribution in [0.15, 0.2) is 30.3 Å². The van der Waals surface area contributed by atoms with Crippen LogP contribution in [-0.4, -0.2) is 16.3 Å². The van der Waals surface area contributed by atoms with Crippen molar-refractivity contribution in [1.29, 1.82) is 0 Å². The van der Waals surface area contributed by atoms with Crippen LogP contribution >= 0.6 is 0 Å². The molecule has 0 radical (unpaired) electrons. The summed E-state index contributed by atoms with van der Waals surface area (Å²) in [5.74, 6) is -0.288. The predicted octanol–water partition coefficient (Wildman–Crippen LogP) is 2.78. The molecule has 0 fully saturated rings. The fourth-order valence-electron chi connectivity index (χ4n) is 1.91. The topological polar surface area (TPSA) is 69.6 Å². The Morgan fingerprint density at radius 1 is 1.22 bits per heavy atom. The van der Waals surface area contributed by atoms with Gasteiger partial charge in [0.05, 0.1) is 0 Å². The lowest BCUT2D eigenvalue weighted by Crippen LogP contribution is -2.53. The van der Waals surface area contributed by atoms with E-state index < -0.39 is 11.8 Å². The molecule has 0 aliphatic heterocycles. The minimum Gasteiger partial charge on any atom is -0.465 e. The Labute approximate surface area is 108 Å². The van der Waals surface area contributed by atoms with Crippen molar-refractivity contribution in [1.82, 2.24) is 5.32 Å². The third-order valence-electron chi connectivity index (χ3n) is 3.44. The van der Waals surface area contributed by atoms with Crippen LogP contribution in [-0.2, 0) is 5.72 Å². The van der Waals surface area contributed by atoms with Crippen molar-refractivity contribution in [3.8, 4) is 0 Å². The van der Waals surface area contributed by atoms with Crippen molar-refractivity contribution in [2.45, 2.75) is 33.4 Å². The molecule has 0 heterocycles. The van der Waals surface area contributed by atoms with Crippen LogP contribution in [0.5, 0.6) is 0 Å². The Morgan fingerprint density at radius 3 is 2.11 bits per heavy atom. The summed E-state index contributed by atoms with van der Waals surface area (Å²) in [5, 5.41) is 22.0. The molecule has 0 unspecified atom stereocenters.